The Kier molecular flexibility index (Phi) is 5.16. The van der Waals surface area contributed by atoms with Crippen LogP contribution in [-0.2, 0) is 0 Å². The molecule has 0 unspecified atom stereocenters. The van der Waals surface area contributed by atoms with E-state index in [0.717, 1.165) is 50.0 Å². The molecular weight excluding hydrogens is 406 g/mol. The molecule has 0 atom stereocenters. The molecule has 0 aliphatic heterocycles. The van der Waals surface area contributed by atoms with E-state index in [9.17, 15) is 5.26 Å². The summed E-state index contributed by atoms with van der Waals surface area (Å²) in [5, 5.41) is 11.2. The summed E-state index contributed by atoms with van der Waals surface area (Å²) >= 11 is 0. The highest BCUT2D eigenvalue weighted by Crippen LogP contribution is 2.42. The highest BCUT2D eigenvalue weighted by molar-refractivity contribution is 6.01. The number of furan rings is 1. The minimum atomic E-state index is 0.313. The third kappa shape index (κ3) is 3.75. The predicted octanol–water partition coefficient (Wildman–Crippen LogP) is 7.64. The third-order valence-corrected chi connectivity index (χ3v) is 5.91. The summed E-state index contributed by atoms with van der Waals surface area (Å²) in [7, 11) is 0. The number of nitrogens with zero attached hydrogens (tertiary/aromatic N) is 2. The molecule has 4 nitrogen and oxygen atoms in total. The Labute approximate surface area is 192 Å². The first kappa shape index (κ1) is 20.5. The van der Waals surface area contributed by atoms with Gasteiger partial charge in [0.1, 0.15) is 17.4 Å². The molecule has 0 amide bonds. The van der Waals surface area contributed by atoms with E-state index in [2.05, 4.69) is 22.1 Å². The number of benzene rings is 3. The van der Waals surface area contributed by atoms with Crippen LogP contribution in [0, 0.1) is 32.1 Å². The summed E-state index contributed by atoms with van der Waals surface area (Å²) in [5.41, 5.74) is 8.42. The van der Waals surface area contributed by atoms with Gasteiger partial charge in [-0.3, -0.25) is 0 Å². The van der Waals surface area contributed by atoms with Crippen molar-refractivity contribution in [3.63, 3.8) is 0 Å². The molecule has 2 heterocycles. The van der Waals surface area contributed by atoms with Gasteiger partial charge in [0.05, 0.1) is 0 Å². The molecule has 5 rings (SSSR count). The Morgan fingerprint density at radius 1 is 0.848 bits per heavy atom. The maximum absolute atomic E-state index is 10.1. The van der Waals surface area contributed by atoms with Crippen LogP contribution < -0.4 is 0 Å². The smallest absolute Gasteiger partial charge is 0.238 e. The van der Waals surface area contributed by atoms with E-state index in [1.807, 2.05) is 87.5 Å². The molecule has 4 heteroatoms. The largest absolute Gasteiger partial charge is 0.436 e. The highest BCUT2D eigenvalue weighted by Gasteiger charge is 2.23. The quantitative estimate of drug-likeness (QED) is 0.298. The summed E-state index contributed by atoms with van der Waals surface area (Å²) in [4.78, 5) is 8.05. The van der Waals surface area contributed by atoms with Crippen molar-refractivity contribution in [2.45, 2.75) is 20.8 Å². The predicted molar refractivity (Wildman–Crippen MR) is 134 cm³/mol. The standard InChI is InChI=1S/C29H23N3O/c1-18-8-12-21(13-9-18)27-24(16-30)29(33-28(27)22-14-10-19(2)11-15-22)31-17-25-20(3)32-26-7-5-4-6-23(25)26/h4-15,17,32H,1-3H3. The van der Waals surface area contributed by atoms with Gasteiger partial charge in [-0.25, -0.2) is 4.99 Å². The molecule has 0 aliphatic rings. The molecule has 0 fully saturated rings. The SMILES string of the molecule is Cc1ccc(-c2oc(N=Cc3c(C)[nH]c4ccccc34)c(C#N)c2-c2ccc(C)cc2)cc1. The average molecular weight is 430 g/mol. The summed E-state index contributed by atoms with van der Waals surface area (Å²) in [5.74, 6) is 0.964. The molecule has 160 valence electrons. The first-order valence-electron chi connectivity index (χ1n) is 10.9. The zero-order valence-electron chi connectivity index (χ0n) is 18.8. The Morgan fingerprint density at radius 3 is 2.15 bits per heavy atom. The lowest BCUT2D eigenvalue weighted by Crippen LogP contribution is -1.85. The number of H-pyrrole nitrogens is 1. The van der Waals surface area contributed by atoms with E-state index in [1.165, 1.54) is 0 Å². The van der Waals surface area contributed by atoms with E-state index in [0.29, 0.717) is 17.2 Å². The van der Waals surface area contributed by atoms with Crippen molar-refractivity contribution in [1.82, 2.24) is 4.98 Å². The van der Waals surface area contributed by atoms with Crippen LogP contribution in [0.3, 0.4) is 0 Å². The first-order chi connectivity index (χ1) is 16.0. The number of hydrogen-bond donors (Lipinski definition) is 1. The van der Waals surface area contributed by atoms with Gasteiger partial charge in [0, 0.05) is 39.5 Å². The molecule has 0 saturated carbocycles. The van der Waals surface area contributed by atoms with Gasteiger partial charge in [0.15, 0.2) is 0 Å². The molecule has 0 radical (unpaired) electrons. The number of aryl methyl sites for hydroxylation is 3. The van der Waals surface area contributed by atoms with Crippen LogP contribution in [0.1, 0.15) is 27.9 Å². The van der Waals surface area contributed by atoms with Gasteiger partial charge in [0.2, 0.25) is 5.88 Å². The first-order valence-corrected chi connectivity index (χ1v) is 10.9. The van der Waals surface area contributed by atoms with Crippen LogP contribution in [0.15, 0.2) is 82.2 Å². The van der Waals surface area contributed by atoms with Crippen LogP contribution >= 0.6 is 0 Å². The number of fused-ring (bicyclic) bond motifs is 1. The Morgan fingerprint density at radius 2 is 1.48 bits per heavy atom. The van der Waals surface area contributed by atoms with Gasteiger partial charge >= 0.3 is 0 Å². The maximum Gasteiger partial charge on any atom is 0.238 e. The molecule has 1 N–H and O–H groups in total. The number of hydrogen-bond acceptors (Lipinski definition) is 3. The van der Waals surface area contributed by atoms with Gasteiger partial charge in [-0.2, -0.15) is 5.26 Å². The molecule has 0 spiro atoms. The van der Waals surface area contributed by atoms with Gasteiger partial charge < -0.3 is 9.40 Å². The fraction of sp³-hybridized carbons (Fsp3) is 0.103. The number of aromatic amines is 1. The Balaban J connectivity index is 1.69. The number of rotatable bonds is 4. The fourth-order valence-corrected chi connectivity index (χ4v) is 4.11. The van der Waals surface area contributed by atoms with Crippen molar-refractivity contribution in [3.8, 4) is 28.5 Å². The van der Waals surface area contributed by atoms with Crippen molar-refractivity contribution in [2.75, 3.05) is 0 Å². The van der Waals surface area contributed by atoms with Gasteiger partial charge in [-0.15, -0.1) is 0 Å². The van der Waals surface area contributed by atoms with Crippen molar-refractivity contribution >= 4 is 23.0 Å². The van der Waals surface area contributed by atoms with E-state index in [4.69, 9.17) is 4.42 Å². The Bertz CT molecular complexity index is 1530. The molecule has 2 aromatic heterocycles. The number of nitrogens with one attached hydrogen (secondary N) is 1. The normalized spacial score (nSPS) is 11.3. The zero-order valence-corrected chi connectivity index (χ0v) is 18.8. The van der Waals surface area contributed by atoms with Crippen LogP contribution in [0.4, 0.5) is 5.88 Å². The van der Waals surface area contributed by atoms with Crippen molar-refractivity contribution in [3.05, 3.63) is 101 Å². The minimum absolute atomic E-state index is 0.313. The maximum atomic E-state index is 10.1. The van der Waals surface area contributed by atoms with Crippen LogP contribution in [-0.4, -0.2) is 11.2 Å². The van der Waals surface area contributed by atoms with Crippen molar-refractivity contribution < 1.29 is 4.42 Å². The number of aliphatic imine (C=N–C) groups is 1. The molecule has 3 aromatic carbocycles. The molecule has 5 aromatic rings. The summed E-state index contributed by atoms with van der Waals surface area (Å²) in [6.45, 7) is 6.11. The van der Waals surface area contributed by atoms with E-state index < -0.39 is 0 Å². The van der Waals surface area contributed by atoms with Crippen LogP contribution in [0.2, 0.25) is 0 Å². The summed E-state index contributed by atoms with van der Waals surface area (Å²) < 4.78 is 6.27. The number of nitriles is 1. The topological polar surface area (TPSA) is 65.1 Å². The molecular formula is C29H23N3O. The van der Waals surface area contributed by atoms with Crippen molar-refractivity contribution in [2.24, 2.45) is 4.99 Å². The van der Waals surface area contributed by atoms with Gasteiger partial charge in [0.25, 0.3) is 0 Å². The van der Waals surface area contributed by atoms with Gasteiger partial charge in [-0.1, -0.05) is 77.9 Å². The lowest BCUT2D eigenvalue weighted by atomic mass is 9.97. The summed E-state index contributed by atoms with van der Waals surface area (Å²) in [6, 6.07) is 26.7. The van der Waals surface area contributed by atoms with Crippen LogP contribution in [0.25, 0.3) is 33.4 Å². The van der Waals surface area contributed by atoms with Gasteiger partial charge in [-0.05, 0) is 32.4 Å². The lowest BCUT2D eigenvalue weighted by molar-refractivity contribution is 0.593. The van der Waals surface area contributed by atoms with E-state index in [1.54, 1.807) is 6.21 Å². The molecule has 0 saturated heterocycles. The highest BCUT2D eigenvalue weighted by atomic mass is 16.4. The minimum Gasteiger partial charge on any atom is -0.436 e. The molecule has 0 aliphatic carbocycles. The second-order valence-electron chi connectivity index (χ2n) is 8.30. The monoisotopic (exact) mass is 429 g/mol. The average Bonchev–Trinajstić information content (AvgIpc) is 3.35. The fourth-order valence-electron chi connectivity index (χ4n) is 4.11. The van der Waals surface area contributed by atoms with E-state index in [-0.39, 0.29) is 0 Å². The van der Waals surface area contributed by atoms with E-state index >= 15 is 0 Å². The second kappa shape index (κ2) is 8.29. The number of aromatic nitrogens is 1. The third-order valence-electron chi connectivity index (χ3n) is 5.91. The lowest BCUT2D eigenvalue weighted by Gasteiger charge is -2.05. The molecule has 33 heavy (non-hydrogen) atoms. The zero-order chi connectivity index (χ0) is 22.9. The molecule has 0 bridgehead atoms. The van der Waals surface area contributed by atoms with Crippen LogP contribution in [0.5, 0.6) is 0 Å². The summed E-state index contributed by atoms with van der Waals surface area (Å²) in [6.07, 6.45) is 1.78. The second-order valence-corrected chi connectivity index (χ2v) is 8.30. The number of para-hydroxylation sites is 1. The Hall–Kier alpha value is -4.36. The van der Waals surface area contributed by atoms with Crippen molar-refractivity contribution in [1.29, 1.82) is 5.26 Å².